The van der Waals surface area contributed by atoms with Gasteiger partial charge in [-0.3, -0.25) is 0 Å². The Morgan fingerprint density at radius 3 is 2.94 bits per heavy atom. The first-order valence-electron chi connectivity index (χ1n) is 6.38. The Kier molecular flexibility index (Phi) is 7.74. The number of halogens is 2. The van der Waals surface area contributed by atoms with Crippen molar-refractivity contribution in [2.24, 2.45) is 0 Å². The van der Waals surface area contributed by atoms with E-state index in [0.717, 1.165) is 25.7 Å². The van der Waals surface area contributed by atoms with Crippen LogP contribution in [0.15, 0.2) is 24.3 Å². The van der Waals surface area contributed by atoms with Crippen molar-refractivity contribution < 1.29 is 4.74 Å². The van der Waals surface area contributed by atoms with Crippen LogP contribution in [0.25, 0.3) is 0 Å². The lowest BCUT2D eigenvalue weighted by atomic mass is 10.0. The molecule has 0 bridgehead atoms. The number of hydrogen-bond acceptors (Lipinski definition) is 1. The molecular formula is C15H20BrClO. The number of allylic oxidation sites excluding steroid dienone is 3. The van der Waals surface area contributed by atoms with Crippen molar-refractivity contribution in [1.82, 2.24) is 0 Å². The van der Waals surface area contributed by atoms with Crippen LogP contribution in [0.5, 0.6) is 0 Å². The molecular weight excluding hydrogens is 312 g/mol. The van der Waals surface area contributed by atoms with E-state index in [1.165, 1.54) is 0 Å². The predicted octanol–water partition coefficient (Wildman–Crippen LogP) is 4.45. The van der Waals surface area contributed by atoms with Crippen molar-refractivity contribution >= 4 is 27.5 Å². The zero-order valence-corrected chi connectivity index (χ0v) is 13.0. The summed E-state index contributed by atoms with van der Waals surface area (Å²) in [6.45, 7) is 2.14. The minimum absolute atomic E-state index is 0.0360. The third-order valence-corrected chi connectivity index (χ3v) is 4.45. The van der Waals surface area contributed by atoms with Crippen LogP contribution in [0, 0.1) is 12.3 Å². The molecule has 0 spiro atoms. The largest absolute Gasteiger partial charge is 0.372 e. The van der Waals surface area contributed by atoms with Gasteiger partial charge in [0.2, 0.25) is 0 Å². The van der Waals surface area contributed by atoms with Crippen molar-refractivity contribution in [2.75, 3.05) is 0 Å². The average Bonchev–Trinajstić information content (AvgIpc) is 2.35. The van der Waals surface area contributed by atoms with Crippen LogP contribution >= 0.6 is 27.5 Å². The second-order valence-electron chi connectivity index (χ2n) is 4.40. The average molecular weight is 332 g/mol. The van der Waals surface area contributed by atoms with Gasteiger partial charge in [0.25, 0.3) is 0 Å². The Balaban J connectivity index is 2.62. The van der Waals surface area contributed by atoms with Crippen molar-refractivity contribution in [3.05, 3.63) is 24.3 Å². The van der Waals surface area contributed by atoms with Gasteiger partial charge in [0.15, 0.2) is 0 Å². The molecule has 0 saturated heterocycles. The number of hydrogen-bond donors (Lipinski definition) is 0. The second kappa shape index (κ2) is 8.80. The molecule has 0 amide bonds. The fraction of sp³-hybridized carbons (Fsp3) is 0.600. The molecule has 0 aliphatic carbocycles. The van der Waals surface area contributed by atoms with E-state index < -0.39 is 0 Å². The van der Waals surface area contributed by atoms with Crippen LogP contribution in [0.1, 0.15) is 32.6 Å². The SMILES string of the molecule is C#C/C=C/C[C@@H](Cl)[C@H]1CC=CC[C@@H](Br)[C@@H](CC)O1. The summed E-state index contributed by atoms with van der Waals surface area (Å²) < 4.78 is 6.13. The van der Waals surface area contributed by atoms with E-state index in [0.29, 0.717) is 4.83 Å². The predicted molar refractivity (Wildman–Crippen MR) is 82.3 cm³/mol. The lowest BCUT2D eigenvalue weighted by molar-refractivity contribution is -0.0149. The molecule has 0 aromatic carbocycles. The van der Waals surface area contributed by atoms with Gasteiger partial charge in [0, 0.05) is 4.83 Å². The minimum atomic E-state index is -0.0360. The first kappa shape index (κ1) is 15.8. The summed E-state index contributed by atoms with van der Waals surface area (Å²) in [7, 11) is 0. The molecule has 1 rings (SSSR count). The standard InChI is InChI=1S/C15H20BrClO/c1-3-5-6-10-13(17)15-11-8-7-9-12(16)14(4-2)18-15/h1,5-8,12-15H,4,9-11H2,2H3/b6-5+,8-7?/t12-,13-,14-,15-/m1/s1. The van der Waals surface area contributed by atoms with Gasteiger partial charge in [-0.15, -0.1) is 18.0 Å². The van der Waals surface area contributed by atoms with Gasteiger partial charge in [-0.1, -0.05) is 47.0 Å². The van der Waals surface area contributed by atoms with Crippen LogP contribution in [0.3, 0.4) is 0 Å². The van der Waals surface area contributed by atoms with Gasteiger partial charge in [-0.25, -0.2) is 0 Å². The Labute approximate surface area is 124 Å². The van der Waals surface area contributed by atoms with Crippen molar-refractivity contribution in [3.8, 4) is 12.3 Å². The Morgan fingerprint density at radius 2 is 2.28 bits per heavy atom. The molecule has 0 saturated carbocycles. The van der Waals surface area contributed by atoms with E-state index >= 15 is 0 Å². The molecule has 18 heavy (non-hydrogen) atoms. The molecule has 0 aromatic rings. The first-order chi connectivity index (χ1) is 8.69. The summed E-state index contributed by atoms with van der Waals surface area (Å²) in [6.07, 6.45) is 17.0. The topological polar surface area (TPSA) is 9.23 Å². The highest BCUT2D eigenvalue weighted by atomic mass is 79.9. The highest BCUT2D eigenvalue weighted by molar-refractivity contribution is 9.09. The smallest absolute Gasteiger partial charge is 0.0780 e. The van der Waals surface area contributed by atoms with Gasteiger partial charge in [0.05, 0.1) is 17.6 Å². The van der Waals surface area contributed by atoms with E-state index in [1.807, 2.05) is 6.08 Å². The normalized spacial score (nSPS) is 30.7. The molecule has 1 heterocycles. The molecule has 0 radical (unpaired) electrons. The monoisotopic (exact) mass is 330 g/mol. The number of alkyl halides is 2. The van der Waals surface area contributed by atoms with Crippen LogP contribution in [-0.2, 0) is 4.74 Å². The lowest BCUT2D eigenvalue weighted by Gasteiger charge is -2.30. The fourth-order valence-corrected chi connectivity index (χ4v) is 2.96. The zero-order chi connectivity index (χ0) is 13.4. The van der Waals surface area contributed by atoms with Gasteiger partial charge in [0.1, 0.15) is 0 Å². The summed E-state index contributed by atoms with van der Waals surface area (Å²) in [6, 6.07) is 0. The summed E-state index contributed by atoms with van der Waals surface area (Å²) in [5, 5.41) is -0.0360. The number of ether oxygens (including phenoxy) is 1. The number of rotatable bonds is 4. The van der Waals surface area contributed by atoms with Gasteiger partial charge in [-0.05, 0) is 31.8 Å². The summed E-state index contributed by atoms with van der Waals surface area (Å²) in [5.41, 5.74) is 0. The summed E-state index contributed by atoms with van der Waals surface area (Å²) >= 11 is 10.1. The summed E-state index contributed by atoms with van der Waals surface area (Å²) in [4.78, 5) is 0.367. The molecule has 4 atom stereocenters. The molecule has 0 fully saturated rings. The quantitative estimate of drug-likeness (QED) is 0.420. The van der Waals surface area contributed by atoms with Gasteiger partial charge in [-0.2, -0.15) is 0 Å². The van der Waals surface area contributed by atoms with E-state index in [1.54, 1.807) is 6.08 Å². The minimum Gasteiger partial charge on any atom is -0.372 e. The van der Waals surface area contributed by atoms with Crippen LogP contribution in [0.4, 0.5) is 0 Å². The molecule has 3 heteroatoms. The zero-order valence-electron chi connectivity index (χ0n) is 10.7. The molecule has 0 aromatic heterocycles. The van der Waals surface area contributed by atoms with Crippen LogP contribution in [0.2, 0.25) is 0 Å². The first-order valence-corrected chi connectivity index (χ1v) is 7.74. The van der Waals surface area contributed by atoms with E-state index in [9.17, 15) is 0 Å². The third-order valence-electron chi connectivity index (χ3n) is 3.03. The van der Waals surface area contributed by atoms with Gasteiger partial charge < -0.3 is 4.74 Å². The number of terminal acetylenes is 1. The van der Waals surface area contributed by atoms with Crippen molar-refractivity contribution in [1.29, 1.82) is 0 Å². The van der Waals surface area contributed by atoms with E-state index in [-0.39, 0.29) is 17.6 Å². The summed E-state index contributed by atoms with van der Waals surface area (Å²) in [5.74, 6) is 2.47. The second-order valence-corrected chi connectivity index (χ2v) is 6.14. The highest BCUT2D eigenvalue weighted by Crippen LogP contribution is 2.26. The molecule has 1 aliphatic rings. The van der Waals surface area contributed by atoms with E-state index in [2.05, 4.69) is 40.9 Å². The van der Waals surface area contributed by atoms with Crippen molar-refractivity contribution in [3.63, 3.8) is 0 Å². The molecule has 100 valence electrons. The Hall–Kier alpha value is -0.230. The van der Waals surface area contributed by atoms with E-state index in [4.69, 9.17) is 22.8 Å². The molecule has 0 N–H and O–H groups in total. The maximum Gasteiger partial charge on any atom is 0.0780 e. The highest BCUT2D eigenvalue weighted by Gasteiger charge is 2.26. The molecule has 1 aliphatic heterocycles. The maximum absolute atomic E-state index is 6.40. The maximum atomic E-state index is 6.40. The molecule has 1 nitrogen and oxygen atoms in total. The van der Waals surface area contributed by atoms with Crippen LogP contribution < -0.4 is 0 Å². The fourth-order valence-electron chi connectivity index (χ4n) is 1.98. The van der Waals surface area contributed by atoms with Crippen molar-refractivity contribution in [2.45, 2.75) is 55.0 Å². The Bertz CT molecular complexity index is 332. The lowest BCUT2D eigenvalue weighted by Crippen LogP contribution is -2.34. The Morgan fingerprint density at radius 1 is 1.56 bits per heavy atom. The third kappa shape index (κ3) is 5.18. The van der Waals surface area contributed by atoms with Gasteiger partial charge >= 0.3 is 0 Å². The molecule has 0 unspecified atom stereocenters. The van der Waals surface area contributed by atoms with Crippen LogP contribution in [-0.4, -0.2) is 22.4 Å².